The maximum Gasteiger partial charge on any atom is 0.224 e. The van der Waals surface area contributed by atoms with E-state index in [1.165, 1.54) is 0 Å². The molecule has 48 heavy (non-hydrogen) atoms. The van der Waals surface area contributed by atoms with Crippen LogP contribution in [0.4, 0.5) is 17.1 Å². The molecule has 0 saturated heterocycles. The molecule has 2 aliphatic carbocycles. The summed E-state index contributed by atoms with van der Waals surface area (Å²) in [5.74, 6) is -0.776. The zero-order chi connectivity index (χ0) is 33.2. The number of anilines is 3. The van der Waals surface area contributed by atoms with Gasteiger partial charge in [-0.25, -0.2) is 0 Å². The first kappa shape index (κ1) is 31.4. The molecule has 0 aromatic heterocycles. The molecule has 3 N–H and O–H groups in total. The number of aliphatic hydroxyl groups is 1. The molecule has 0 fully saturated rings. The average molecular weight is 641 g/mol. The molecule has 0 bridgehead atoms. The number of ketones is 1. The third kappa shape index (κ3) is 6.22. The first-order valence-electron chi connectivity index (χ1n) is 17.0. The fourth-order valence-corrected chi connectivity index (χ4v) is 7.07. The number of nitrogens with zero attached hydrogens (tertiary/aromatic N) is 2. The summed E-state index contributed by atoms with van der Waals surface area (Å²) in [5.41, 5.74) is 7.14. The molecule has 0 unspecified atom stereocenters. The molecule has 4 aliphatic rings. The minimum absolute atomic E-state index is 0.132. The Morgan fingerprint density at radius 3 is 2.44 bits per heavy atom. The monoisotopic (exact) mass is 640 g/mol. The number of carbonyl (C=O) groups is 3. The molecule has 244 valence electrons. The van der Waals surface area contributed by atoms with Gasteiger partial charge in [-0.1, -0.05) is 54.1 Å². The normalized spacial score (nSPS) is 17.4. The number of allylic oxidation sites excluding steroid dienone is 6. The van der Waals surface area contributed by atoms with Crippen LogP contribution in [-0.4, -0.2) is 42.3 Å². The Labute approximate surface area is 280 Å². The topological polar surface area (TPSA) is 111 Å². The van der Waals surface area contributed by atoms with E-state index in [2.05, 4.69) is 45.7 Å². The number of carbonyl (C=O) groups excluding carboxylic acids is 3. The van der Waals surface area contributed by atoms with Crippen LogP contribution in [0.5, 0.6) is 0 Å². The van der Waals surface area contributed by atoms with Crippen LogP contribution in [0.3, 0.4) is 0 Å². The van der Waals surface area contributed by atoms with Crippen molar-refractivity contribution in [2.24, 2.45) is 4.99 Å². The summed E-state index contributed by atoms with van der Waals surface area (Å²) >= 11 is 0. The van der Waals surface area contributed by atoms with E-state index >= 15 is 0 Å². The number of aliphatic hydroxyl groups excluding tert-OH is 1. The first-order valence-corrected chi connectivity index (χ1v) is 17.0. The van der Waals surface area contributed by atoms with Crippen LogP contribution < -0.4 is 26.1 Å². The molecule has 2 aliphatic heterocycles. The zero-order valence-electron chi connectivity index (χ0n) is 27.3. The molecule has 8 heteroatoms. The molecule has 2 heterocycles. The van der Waals surface area contributed by atoms with Gasteiger partial charge in [-0.2, -0.15) is 0 Å². The van der Waals surface area contributed by atoms with E-state index in [1.54, 1.807) is 0 Å². The van der Waals surface area contributed by atoms with Crippen molar-refractivity contribution in [3.05, 3.63) is 117 Å². The lowest BCUT2D eigenvalue weighted by atomic mass is 9.80. The third-order valence-electron chi connectivity index (χ3n) is 9.69. The maximum atomic E-state index is 14.1. The van der Waals surface area contributed by atoms with Crippen LogP contribution in [0.25, 0.3) is 11.1 Å². The van der Waals surface area contributed by atoms with Gasteiger partial charge in [0.05, 0.1) is 27.9 Å². The van der Waals surface area contributed by atoms with Gasteiger partial charge in [-0.15, -0.1) is 0 Å². The van der Waals surface area contributed by atoms with Gasteiger partial charge in [-0.05, 0) is 86.4 Å². The molecule has 0 spiro atoms. The van der Waals surface area contributed by atoms with Crippen molar-refractivity contribution in [1.82, 2.24) is 0 Å². The Bertz CT molecular complexity index is 2040. The van der Waals surface area contributed by atoms with Crippen molar-refractivity contribution in [2.45, 2.75) is 58.3 Å². The average Bonchev–Trinajstić information content (AvgIpc) is 3.73. The highest BCUT2D eigenvalue weighted by Gasteiger charge is 2.38. The Kier molecular flexibility index (Phi) is 8.80. The lowest BCUT2D eigenvalue weighted by Crippen LogP contribution is -2.31. The van der Waals surface area contributed by atoms with E-state index in [0.717, 1.165) is 72.1 Å². The fraction of sp³-hybridized carbons (Fsp3) is 0.300. The molecule has 0 saturated carbocycles. The summed E-state index contributed by atoms with van der Waals surface area (Å²) in [6, 6.07) is 17.4. The van der Waals surface area contributed by atoms with Crippen LogP contribution in [0.2, 0.25) is 0 Å². The van der Waals surface area contributed by atoms with Gasteiger partial charge >= 0.3 is 0 Å². The number of benzene rings is 3. The van der Waals surface area contributed by atoms with Crippen molar-refractivity contribution in [3.63, 3.8) is 0 Å². The highest BCUT2D eigenvalue weighted by molar-refractivity contribution is 6.52. The third-order valence-corrected chi connectivity index (χ3v) is 9.69. The van der Waals surface area contributed by atoms with Gasteiger partial charge in [0.1, 0.15) is 5.76 Å². The lowest BCUT2D eigenvalue weighted by molar-refractivity contribution is -0.117. The minimum Gasteiger partial charge on any atom is -0.506 e. The summed E-state index contributed by atoms with van der Waals surface area (Å²) in [7, 11) is 0. The number of hydrogen-bond donors (Lipinski definition) is 3. The summed E-state index contributed by atoms with van der Waals surface area (Å²) in [5, 5.41) is 19.0. The van der Waals surface area contributed by atoms with E-state index in [0.29, 0.717) is 48.0 Å². The van der Waals surface area contributed by atoms with Crippen molar-refractivity contribution >= 4 is 45.8 Å². The number of fused-ring (bicyclic) bond motifs is 2. The Balaban J connectivity index is 1.23. The summed E-state index contributed by atoms with van der Waals surface area (Å²) in [6.45, 7) is 4.41. The number of likely N-dealkylation sites (N-methyl/N-ethyl adjacent to an activating group) is 1. The first-order chi connectivity index (χ1) is 23.4. The molecule has 0 atom stereocenters. The number of nitrogens with one attached hydrogen (secondary N) is 2. The molecule has 3 aromatic rings. The molecule has 8 nitrogen and oxygen atoms in total. The highest BCUT2D eigenvalue weighted by Crippen LogP contribution is 2.43. The van der Waals surface area contributed by atoms with E-state index in [4.69, 9.17) is 0 Å². The number of hydrogen-bond acceptors (Lipinski definition) is 6. The van der Waals surface area contributed by atoms with Crippen molar-refractivity contribution in [2.75, 3.05) is 35.2 Å². The SMILES string of the molecule is CCN1CCc2cc(C3=C(O)/C(=c4/cc5c(cc4NC(=O)CCC4=CCCC=C4)=NCC5)C3=O)c(NC(=O)CCc3ccccc3)cc21. The van der Waals surface area contributed by atoms with Gasteiger partial charge in [0.15, 0.2) is 0 Å². The van der Waals surface area contributed by atoms with Gasteiger partial charge in [0.25, 0.3) is 0 Å². The second-order valence-corrected chi connectivity index (χ2v) is 12.8. The Morgan fingerprint density at radius 1 is 0.896 bits per heavy atom. The molecule has 0 radical (unpaired) electrons. The number of amides is 2. The summed E-state index contributed by atoms with van der Waals surface area (Å²) in [6.07, 6.45) is 11.7. The second kappa shape index (κ2) is 13.5. The fourth-order valence-electron chi connectivity index (χ4n) is 7.07. The van der Waals surface area contributed by atoms with E-state index in [9.17, 15) is 19.5 Å². The van der Waals surface area contributed by atoms with Gasteiger partial charge in [-0.3, -0.25) is 19.4 Å². The molecular weight excluding hydrogens is 600 g/mol. The minimum atomic E-state index is -0.319. The standard InChI is InChI=1S/C40H40N4O4/c1-2-44-20-18-28-22-30(33(24-34(28)44)43-36(46)16-14-26-11-7-4-8-12-26)38-39(47)37(40(38)48)29-21-27-17-19-41-31(27)23-32(29)42-35(45)15-13-25-9-5-3-6-10-25/h4-5,7-12,21-24,47H,2-3,6,13-20H2,1H3,(H,42,45)(H,43,46)/b37-29+. The quantitative estimate of drug-likeness (QED) is 0.271. The lowest BCUT2D eigenvalue weighted by Gasteiger charge is -2.26. The highest BCUT2D eigenvalue weighted by atomic mass is 16.3. The molecular formula is C40H40N4O4. The van der Waals surface area contributed by atoms with Crippen LogP contribution in [0, 0.1) is 0 Å². The Morgan fingerprint density at radius 2 is 1.69 bits per heavy atom. The molecule has 2 amide bonds. The smallest absolute Gasteiger partial charge is 0.224 e. The second-order valence-electron chi connectivity index (χ2n) is 12.8. The van der Waals surface area contributed by atoms with E-state index in [-0.39, 0.29) is 40.9 Å². The maximum absolute atomic E-state index is 14.1. The van der Waals surface area contributed by atoms with Crippen molar-refractivity contribution < 1.29 is 19.5 Å². The Hall–Kier alpha value is -5.24. The predicted octanol–water partition coefficient (Wildman–Crippen LogP) is 5.51. The van der Waals surface area contributed by atoms with Gasteiger partial charge < -0.3 is 20.6 Å². The van der Waals surface area contributed by atoms with Gasteiger partial charge in [0.2, 0.25) is 17.6 Å². The van der Waals surface area contributed by atoms with E-state index in [1.807, 2.05) is 54.6 Å². The number of rotatable bonds is 10. The van der Waals surface area contributed by atoms with Crippen LogP contribution in [0.1, 0.15) is 61.3 Å². The summed E-state index contributed by atoms with van der Waals surface area (Å²) < 4.78 is 0. The number of aryl methyl sites for hydroxylation is 1. The van der Waals surface area contributed by atoms with E-state index < -0.39 is 0 Å². The van der Waals surface area contributed by atoms with Crippen LogP contribution in [0.15, 0.2) is 89.2 Å². The van der Waals surface area contributed by atoms with Crippen molar-refractivity contribution in [1.29, 1.82) is 0 Å². The van der Waals surface area contributed by atoms with Crippen LogP contribution >= 0.6 is 0 Å². The summed E-state index contributed by atoms with van der Waals surface area (Å²) in [4.78, 5) is 47.3. The number of Topliss-reactive ketones (excluding diaryl/α,β-unsaturated/α-hetero) is 1. The predicted molar refractivity (Wildman–Crippen MR) is 190 cm³/mol. The molecule has 7 rings (SSSR count). The zero-order valence-corrected chi connectivity index (χ0v) is 27.3. The van der Waals surface area contributed by atoms with Crippen LogP contribution in [-0.2, 0) is 33.6 Å². The largest absolute Gasteiger partial charge is 0.506 e. The van der Waals surface area contributed by atoms with Gasteiger partial charge in [0, 0.05) is 48.9 Å². The molecule has 3 aromatic carbocycles. The van der Waals surface area contributed by atoms with Crippen molar-refractivity contribution in [3.8, 4) is 0 Å².